The van der Waals surface area contributed by atoms with Crippen molar-refractivity contribution in [3.05, 3.63) is 29.8 Å². The normalized spacial score (nSPS) is 20.2. The number of epoxide rings is 1. The SMILES string of the molecule is CN(C)c1ccc(C(OCC2CO2)C(F)(F)F)cc1. The zero-order valence-electron chi connectivity index (χ0n) is 10.8. The highest BCUT2D eigenvalue weighted by Crippen LogP contribution is 2.37. The predicted molar refractivity (Wildman–Crippen MR) is 65.3 cm³/mol. The second-order valence-electron chi connectivity index (χ2n) is 4.70. The van der Waals surface area contributed by atoms with Crippen molar-refractivity contribution < 1.29 is 22.6 Å². The highest BCUT2D eigenvalue weighted by molar-refractivity contribution is 5.46. The molecule has 2 rings (SSSR count). The summed E-state index contributed by atoms with van der Waals surface area (Å²) in [5.41, 5.74) is 0.953. The first kappa shape index (κ1) is 14.1. The summed E-state index contributed by atoms with van der Waals surface area (Å²) in [5.74, 6) is 0. The summed E-state index contributed by atoms with van der Waals surface area (Å²) >= 11 is 0. The largest absolute Gasteiger partial charge is 0.418 e. The molecular weight excluding hydrogens is 259 g/mol. The van der Waals surface area contributed by atoms with E-state index in [0.717, 1.165) is 5.69 Å². The van der Waals surface area contributed by atoms with Gasteiger partial charge in [-0.3, -0.25) is 0 Å². The van der Waals surface area contributed by atoms with E-state index in [1.165, 1.54) is 12.1 Å². The molecule has 1 aliphatic rings. The smallest absolute Gasteiger partial charge is 0.378 e. The van der Waals surface area contributed by atoms with Gasteiger partial charge < -0.3 is 14.4 Å². The van der Waals surface area contributed by atoms with Crippen LogP contribution in [0.1, 0.15) is 11.7 Å². The Labute approximate surface area is 109 Å². The third-order valence-electron chi connectivity index (χ3n) is 2.86. The number of halogens is 3. The number of anilines is 1. The van der Waals surface area contributed by atoms with Gasteiger partial charge in [0.05, 0.1) is 13.2 Å². The minimum absolute atomic E-state index is 0.0282. The topological polar surface area (TPSA) is 25.0 Å². The van der Waals surface area contributed by atoms with Crippen LogP contribution >= 0.6 is 0 Å². The molecule has 2 unspecified atom stereocenters. The number of hydrogen-bond acceptors (Lipinski definition) is 3. The van der Waals surface area contributed by atoms with Crippen molar-refractivity contribution >= 4 is 5.69 Å². The third kappa shape index (κ3) is 3.84. The first-order chi connectivity index (χ1) is 8.88. The van der Waals surface area contributed by atoms with Gasteiger partial charge in [-0.1, -0.05) is 12.1 Å². The molecule has 1 heterocycles. The van der Waals surface area contributed by atoms with Crippen LogP contribution in [0.15, 0.2) is 24.3 Å². The molecule has 1 aromatic rings. The lowest BCUT2D eigenvalue weighted by molar-refractivity contribution is -0.224. The van der Waals surface area contributed by atoms with Gasteiger partial charge in [-0.2, -0.15) is 13.2 Å². The molecular formula is C13H16F3NO2. The standard InChI is InChI=1S/C13H16F3NO2/c1-17(2)10-5-3-9(4-6-10)12(13(14,15)16)19-8-11-7-18-11/h3-6,11-12H,7-8H2,1-2H3. The van der Waals surface area contributed by atoms with Crippen LogP contribution in [-0.4, -0.2) is 39.6 Å². The maximum absolute atomic E-state index is 13.0. The molecule has 0 bridgehead atoms. The van der Waals surface area contributed by atoms with Gasteiger partial charge in [0.2, 0.25) is 0 Å². The molecule has 6 heteroatoms. The molecule has 0 N–H and O–H groups in total. The van der Waals surface area contributed by atoms with Crippen LogP contribution in [0, 0.1) is 0 Å². The van der Waals surface area contributed by atoms with Crippen molar-refractivity contribution in [1.29, 1.82) is 0 Å². The van der Waals surface area contributed by atoms with E-state index in [-0.39, 0.29) is 18.3 Å². The molecule has 2 atom stereocenters. The van der Waals surface area contributed by atoms with Gasteiger partial charge in [-0.25, -0.2) is 0 Å². The second-order valence-corrected chi connectivity index (χ2v) is 4.70. The quantitative estimate of drug-likeness (QED) is 0.772. The lowest BCUT2D eigenvalue weighted by atomic mass is 10.1. The summed E-state index contributed by atoms with van der Waals surface area (Å²) in [7, 11) is 3.66. The lowest BCUT2D eigenvalue weighted by Gasteiger charge is -2.22. The van der Waals surface area contributed by atoms with E-state index in [2.05, 4.69) is 0 Å². The van der Waals surface area contributed by atoms with Gasteiger partial charge >= 0.3 is 6.18 Å². The Balaban J connectivity index is 2.11. The van der Waals surface area contributed by atoms with Crippen LogP contribution in [0.3, 0.4) is 0 Å². The van der Waals surface area contributed by atoms with Gasteiger partial charge in [0.25, 0.3) is 0 Å². The summed E-state index contributed by atoms with van der Waals surface area (Å²) < 4.78 is 48.7. The molecule has 3 nitrogen and oxygen atoms in total. The number of hydrogen-bond donors (Lipinski definition) is 0. The van der Waals surface area contributed by atoms with Crippen molar-refractivity contribution in [3.63, 3.8) is 0 Å². The summed E-state index contributed by atoms with van der Waals surface area (Å²) in [6.07, 6.45) is -6.51. The van der Waals surface area contributed by atoms with E-state index in [1.807, 2.05) is 19.0 Å². The molecule has 0 spiro atoms. The molecule has 0 saturated carbocycles. The second kappa shape index (κ2) is 5.38. The average molecular weight is 275 g/mol. The van der Waals surface area contributed by atoms with E-state index < -0.39 is 12.3 Å². The average Bonchev–Trinajstić information content (AvgIpc) is 3.12. The number of nitrogens with zero attached hydrogens (tertiary/aromatic N) is 1. The number of alkyl halides is 3. The molecule has 0 aromatic heterocycles. The predicted octanol–water partition coefficient (Wildman–Crippen LogP) is 2.77. The Morgan fingerprint density at radius 2 is 1.89 bits per heavy atom. The number of benzene rings is 1. The van der Waals surface area contributed by atoms with Crippen molar-refractivity contribution in [2.24, 2.45) is 0 Å². The maximum Gasteiger partial charge on any atom is 0.418 e. The fraction of sp³-hybridized carbons (Fsp3) is 0.538. The van der Waals surface area contributed by atoms with Crippen molar-refractivity contribution in [1.82, 2.24) is 0 Å². The van der Waals surface area contributed by atoms with Gasteiger partial charge in [-0.05, 0) is 17.7 Å². The first-order valence-electron chi connectivity index (χ1n) is 5.95. The van der Waals surface area contributed by atoms with Gasteiger partial charge in [-0.15, -0.1) is 0 Å². The molecule has 1 fully saturated rings. The molecule has 1 aliphatic heterocycles. The van der Waals surface area contributed by atoms with Crippen LogP contribution < -0.4 is 4.90 Å². The lowest BCUT2D eigenvalue weighted by Crippen LogP contribution is -2.25. The van der Waals surface area contributed by atoms with Crippen LogP contribution in [0.25, 0.3) is 0 Å². The van der Waals surface area contributed by atoms with Crippen molar-refractivity contribution in [2.75, 3.05) is 32.2 Å². The Morgan fingerprint density at radius 1 is 1.32 bits per heavy atom. The number of ether oxygens (including phenoxy) is 2. The van der Waals surface area contributed by atoms with E-state index in [0.29, 0.717) is 6.61 Å². The number of rotatable bonds is 5. The van der Waals surface area contributed by atoms with Crippen molar-refractivity contribution in [2.45, 2.75) is 18.4 Å². The minimum atomic E-state index is -4.42. The van der Waals surface area contributed by atoms with Gasteiger partial charge in [0.1, 0.15) is 6.10 Å². The fourth-order valence-corrected chi connectivity index (χ4v) is 1.69. The molecule has 1 aromatic carbocycles. The summed E-state index contributed by atoms with van der Waals surface area (Å²) in [5, 5.41) is 0. The Bertz CT molecular complexity index is 413. The van der Waals surface area contributed by atoms with E-state index in [4.69, 9.17) is 9.47 Å². The third-order valence-corrected chi connectivity index (χ3v) is 2.86. The van der Waals surface area contributed by atoms with Crippen LogP contribution in [0.4, 0.5) is 18.9 Å². The highest BCUT2D eigenvalue weighted by atomic mass is 19.4. The zero-order valence-corrected chi connectivity index (χ0v) is 10.8. The van der Waals surface area contributed by atoms with Crippen molar-refractivity contribution in [3.8, 4) is 0 Å². The first-order valence-corrected chi connectivity index (χ1v) is 5.95. The summed E-state index contributed by atoms with van der Waals surface area (Å²) in [6.45, 7) is 0.448. The highest BCUT2D eigenvalue weighted by Gasteiger charge is 2.43. The fourth-order valence-electron chi connectivity index (χ4n) is 1.69. The zero-order chi connectivity index (χ0) is 14.0. The van der Waals surface area contributed by atoms with Gasteiger partial charge in [0, 0.05) is 19.8 Å². The minimum Gasteiger partial charge on any atom is -0.378 e. The summed E-state index contributed by atoms with van der Waals surface area (Å²) in [4.78, 5) is 1.82. The van der Waals surface area contributed by atoms with Crippen LogP contribution in [0.2, 0.25) is 0 Å². The molecule has 0 amide bonds. The molecule has 0 radical (unpaired) electrons. The summed E-state index contributed by atoms with van der Waals surface area (Å²) in [6, 6.07) is 6.18. The van der Waals surface area contributed by atoms with E-state index in [9.17, 15) is 13.2 Å². The van der Waals surface area contributed by atoms with E-state index in [1.54, 1.807) is 12.1 Å². The Kier molecular flexibility index (Phi) is 4.01. The van der Waals surface area contributed by atoms with Gasteiger partial charge in [0.15, 0.2) is 6.10 Å². The molecule has 0 aliphatic carbocycles. The Morgan fingerprint density at radius 3 is 2.32 bits per heavy atom. The maximum atomic E-state index is 13.0. The van der Waals surface area contributed by atoms with Crippen LogP contribution in [0.5, 0.6) is 0 Å². The monoisotopic (exact) mass is 275 g/mol. The Hall–Kier alpha value is -1.27. The molecule has 19 heavy (non-hydrogen) atoms. The van der Waals surface area contributed by atoms with E-state index >= 15 is 0 Å². The molecule has 1 saturated heterocycles. The molecule has 106 valence electrons. The van der Waals surface area contributed by atoms with Crippen LogP contribution in [-0.2, 0) is 9.47 Å².